The van der Waals surface area contributed by atoms with Crippen LogP contribution < -0.4 is 10.2 Å². The number of rotatable bonds is 4. The van der Waals surface area contributed by atoms with Crippen LogP contribution in [0.15, 0.2) is 42.7 Å². The highest BCUT2D eigenvalue weighted by atomic mass is 16.1. The van der Waals surface area contributed by atoms with E-state index in [4.69, 9.17) is 0 Å². The smallest absolute Gasteiger partial charge is 0.255 e. The van der Waals surface area contributed by atoms with E-state index < -0.39 is 0 Å². The molecule has 3 aromatic rings. The van der Waals surface area contributed by atoms with E-state index >= 15 is 0 Å². The highest BCUT2D eigenvalue weighted by Gasteiger charge is 2.09. The van der Waals surface area contributed by atoms with Gasteiger partial charge in [0.2, 0.25) is 0 Å². The molecule has 1 N–H and O–H groups in total. The molecule has 25 heavy (non-hydrogen) atoms. The molecule has 7 heteroatoms. The number of nitrogens with zero attached hydrogens (tertiary/aromatic N) is 5. The first kappa shape index (κ1) is 16.6. The predicted molar refractivity (Wildman–Crippen MR) is 97.4 cm³/mol. The quantitative estimate of drug-likeness (QED) is 0.792. The second-order valence-corrected chi connectivity index (χ2v) is 6.01. The molecule has 0 unspecified atom stereocenters. The molecular weight excluding hydrogens is 316 g/mol. The Morgan fingerprint density at radius 3 is 2.24 bits per heavy atom. The van der Waals surface area contributed by atoms with Crippen molar-refractivity contribution in [2.75, 3.05) is 24.3 Å². The van der Waals surface area contributed by atoms with Gasteiger partial charge in [-0.1, -0.05) is 0 Å². The number of amides is 1. The van der Waals surface area contributed by atoms with E-state index in [0.717, 1.165) is 17.1 Å². The summed E-state index contributed by atoms with van der Waals surface area (Å²) in [7, 11) is 3.91. The van der Waals surface area contributed by atoms with Gasteiger partial charge in [-0.05, 0) is 44.2 Å². The van der Waals surface area contributed by atoms with Crippen molar-refractivity contribution in [3.05, 3.63) is 59.7 Å². The maximum absolute atomic E-state index is 12.3. The molecule has 1 aromatic carbocycles. The van der Waals surface area contributed by atoms with Crippen molar-refractivity contribution >= 4 is 17.3 Å². The van der Waals surface area contributed by atoms with E-state index in [2.05, 4.69) is 20.4 Å². The zero-order chi connectivity index (χ0) is 18.0. The van der Waals surface area contributed by atoms with Gasteiger partial charge in [-0.3, -0.25) is 4.79 Å². The Balaban J connectivity index is 1.72. The number of hydrogen-bond acceptors (Lipinski definition) is 5. The molecule has 0 spiro atoms. The molecule has 0 fully saturated rings. The van der Waals surface area contributed by atoms with Gasteiger partial charge in [0.05, 0.1) is 23.8 Å². The van der Waals surface area contributed by atoms with Crippen LogP contribution in [0.2, 0.25) is 0 Å². The second kappa shape index (κ2) is 6.72. The molecule has 0 bridgehead atoms. The minimum absolute atomic E-state index is 0.201. The van der Waals surface area contributed by atoms with Crippen molar-refractivity contribution in [2.45, 2.75) is 13.8 Å². The Morgan fingerprint density at radius 2 is 1.72 bits per heavy atom. The summed E-state index contributed by atoms with van der Waals surface area (Å²) < 4.78 is 1.67. The van der Waals surface area contributed by atoms with Gasteiger partial charge in [-0.15, -0.1) is 0 Å². The SMILES string of the molecule is Cc1cc(C)n(-c2ncc(NC(=O)c3ccc(N(C)C)cc3)cn2)n1. The van der Waals surface area contributed by atoms with E-state index in [1.807, 2.05) is 51.0 Å². The topological polar surface area (TPSA) is 75.9 Å². The third kappa shape index (κ3) is 3.65. The van der Waals surface area contributed by atoms with Crippen LogP contribution in [0.5, 0.6) is 0 Å². The summed E-state index contributed by atoms with van der Waals surface area (Å²) in [5, 5.41) is 7.14. The number of carbonyl (C=O) groups excluding carboxylic acids is 1. The molecule has 0 atom stereocenters. The average molecular weight is 336 g/mol. The summed E-state index contributed by atoms with van der Waals surface area (Å²) in [5.41, 5.74) is 4.00. The fourth-order valence-electron chi connectivity index (χ4n) is 2.44. The van der Waals surface area contributed by atoms with Crippen molar-refractivity contribution in [3.63, 3.8) is 0 Å². The van der Waals surface area contributed by atoms with E-state index in [1.165, 1.54) is 0 Å². The van der Waals surface area contributed by atoms with Gasteiger partial charge in [0.1, 0.15) is 0 Å². The lowest BCUT2D eigenvalue weighted by Crippen LogP contribution is -2.14. The van der Waals surface area contributed by atoms with Crippen molar-refractivity contribution in [3.8, 4) is 5.95 Å². The molecule has 2 aromatic heterocycles. The Labute approximate surface area is 146 Å². The van der Waals surface area contributed by atoms with Gasteiger partial charge in [0.15, 0.2) is 0 Å². The van der Waals surface area contributed by atoms with Gasteiger partial charge in [-0.25, -0.2) is 14.6 Å². The van der Waals surface area contributed by atoms with E-state index in [9.17, 15) is 4.79 Å². The number of hydrogen-bond donors (Lipinski definition) is 1. The maximum Gasteiger partial charge on any atom is 0.255 e. The Kier molecular flexibility index (Phi) is 4.47. The Hall–Kier alpha value is -3.22. The number of aryl methyl sites for hydroxylation is 2. The summed E-state index contributed by atoms with van der Waals surface area (Å²) in [6, 6.07) is 9.33. The van der Waals surface area contributed by atoms with Crippen LogP contribution in [-0.2, 0) is 0 Å². The van der Waals surface area contributed by atoms with Crippen LogP contribution >= 0.6 is 0 Å². The molecule has 7 nitrogen and oxygen atoms in total. The molecule has 128 valence electrons. The molecule has 0 aliphatic carbocycles. The molecule has 3 rings (SSSR count). The Morgan fingerprint density at radius 1 is 1.08 bits per heavy atom. The second-order valence-electron chi connectivity index (χ2n) is 6.01. The highest BCUT2D eigenvalue weighted by Crippen LogP contribution is 2.14. The van der Waals surface area contributed by atoms with Crippen LogP contribution in [0.4, 0.5) is 11.4 Å². The normalized spacial score (nSPS) is 10.6. The van der Waals surface area contributed by atoms with Crippen molar-refractivity contribution in [1.29, 1.82) is 0 Å². The van der Waals surface area contributed by atoms with E-state index in [1.54, 1.807) is 29.2 Å². The molecule has 0 saturated carbocycles. The van der Waals surface area contributed by atoms with Gasteiger partial charge >= 0.3 is 0 Å². The molecular formula is C18H20N6O. The average Bonchev–Trinajstić information content (AvgIpc) is 2.94. The van der Waals surface area contributed by atoms with Crippen LogP contribution in [0.3, 0.4) is 0 Å². The fourth-order valence-corrected chi connectivity index (χ4v) is 2.44. The van der Waals surface area contributed by atoms with Crippen LogP contribution in [0.1, 0.15) is 21.7 Å². The van der Waals surface area contributed by atoms with Crippen LogP contribution in [0, 0.1) is 13.8 Å². The summed E-state index contributed by atoms with van der Waals surface area (Å²) >= 11 is 0. The molecule has 1 amide bonds. The van der Waals surface area contributed by atoms with Gasteiger partial charge < -0.3 is 10.2 Å². The lowest BCUT2D eigenvalue weighted by Gasteiger charge is -2.12. The first-order valence-electron chi connectivity index (χ1n) is 7.88. The predicted octanol–water partition coefficient (Wildman–Crippen LogP) is 2.60. The first-order valence-corrected chi connectivity index (χ1v) is 7.88. The maximum atomic E-state index is 12.3. The first-order chi connectivity index (χ1) is 11.9. The zero-order valence-corrected chi connectivity index (χ0v) is 14.7. The third-order valence-electron chi connectivity index (χ3n) is 3.74. The van der Waals surface area contributed by atoms with Crippen molar-refractivity contribution < 1.29 is 4.79 Å². The van der Waals surface area contributed by atoms with Crippen molar-refractivity contribution in [1.82, 2.24) is 19.7 Å². The Bertz CT molecular complexity index is 881. The van der Waals surface area contributed by atoms with Crippen LogP contribution in [0.25, 0.3) is 5.95 Å². The largest absolute Gasteiger partial charge is 0.378 e. The molecule has 0 radical (unpaired) electrons. The summed E-state index contributed by atoms with van der Waals surface area (Å²) in [6.45, 7) is 3.86. The van der Waals surface area contributed by atoms with E-state index in [0.29, 0.717) is 17.2 Å². The van der Waals surface area contributed by atoms with Crippen molar-refractivity contribution in [2.24, 2.45) is 0 Å². The minimum atomic E-state index is -0.201. The summed E-state index contributed by atoms with van der Waals surface area (Å²) in [6.07, 6.45) is 3.15. The monoisotopic (exact) mass is 336 g/mol. The molecule has 0 aliphatic rings. The number of benzene rings is 1. The van der Waals surface area contributed by atoms with Gasteiger partial charge in [0, 0.05) is 31.0 Å². The third-order valence-corrected chi connectivity index (χ3v) is 3.74. The summed E-state index contributed by atoms with van der Waals surface area (Å²) in [5.74, 6) is 0.270. The fraction of sp³-hybridized carbons (Fsp3) is 0.222. The van der Waals surface area contributed by atoms with Gasteiger partial charge in [0.25, 0.3) is 11.9 Å². The van der Waals surface area contributed by atoms with Gasteiger partial charge in [-0.2, -0.15) is 5.10 Å². The molecule has 0 aliphatic heterocycles. The van der Waals surface area contributed by atoms with E-state index in [-0.39, 0.29) is 5.91 Å². The number of anilines is 2. The number of carbonyl (C=O) groups is 1. The molecule has 2 heterocycles. The lowest BCUT2D eigenvalue weighted by molar-refractivity contribution is 0.102. The summed E-state index contributed by atoms with van der Waals surface area (Å²) in [4.78, 5) is 22.8. The van der Waals surface area contributed by atoms with Crippen LogP contribution in [-0.4, -0.2) is 39.8 Å². The zero-order valence-electron chi connectivity index (χ0n) is 14.7. The number of aromatic nitrogens is 4. The lowest BCUT2D eigenvalue weighted by atomic mass is 10.2. The number of nitrogens with one attached hydrogen (secondary N) is 1. The standard InChI is InChI=1S/C18H20N6O/c1-12-9-13(2)24(22-12)18-19-10-15(11-20-18)21-17(25)14-5-7-16(8-6-14)23(3)4/h5-11H,1-4H3,(H,21,25). The molecule has 0 saturated heterocycles. The minimum Gasteiger partial charge on any atom is -0.378 e. The highest BCUT2D eigenvalue weighted by molar-refractivity contribution is 6.04.